The van der Waals surface area contributed by atoms with Gasteiger partial charge in [-0.1, -0.05) is 132 Å². The summed E-state index contributed by atoms with van der Waals surface area (Å²) in [6.07, 6.45) is -6.02. The third-order valence-electron chi connectivity index (χ3n) is 22.1. The van der Waals surface area contributed by atoms with Gasteiger partial charge in [-0.2, -0.15) is 15.3 Å². The van der Waals surface area contributed by atoms with E-state index >= 15 is 13.2 Å². The van der Waals surface area contributed by atoms with Gasteiger partial charge in [0.25, 0.3) is 17.7 Å². The van der Waals surface area contributed by atoms with Crippen LogP contribution in [0.1, 0.15) is 81.2 Å². The summed E-state index contributed by atoms with van der Waals surface area (Å²) in [5, 5.41) is 31.7. The van der Waals surface area contributed by atoms with Crippen LogP contribution in [0.2, 0.25) is 10.0 Å². The van der Waals surface area contributed by atoms with Crippen LogP contribution in [0.4, 0.5) is 43.4 Å². The maximum Gasteiger partial charge on any atom is 0.269 e. The highest BCUT2D eigenvalue weighted by molar-refractivity contribution is 6.38. The number of nitrogens with zero attached hydrogens (tertiary/aromatic N) is 12. The fourth-order valence-corrected chi connectivity index (χ4v) is 16.8. The summed E-state index contributed by atoms with van der Waals surface area (Å²) in [5.74, 6) is -6.79. The zero-order chi connectivity index (χ0) is 89.8. The van der Waals surface area contributed by atoms with Crippen molar-refractivity contribution in [1.82, 2.24) is 73.9 Å². The van der Waals surface area contributed by atoms with Gasteiger partial charge in [-0.05, 0) is 87.0 Å². The Labute approximate surface area is 724 Å². The molecule has 0 spiro atoms. The number of anilines is 3. The molecule has 0 unspecified atom stereocenters. The third-order valence-corrected chi connectivity index (χ3v) is 22.9. The highest BCUT2D eigenvalue weighted by Crippen LogP contribution is 2.41. The Balaban J connectivity index is 0.000000140. The number of imidazole rings is 3. The number of benzene rings is 9. The minimum absolute atomic E-state index is 0.00431. The van der Waals surface area contributed by atoms with Crippen LogP contribution in [0, 0.1) is 31.3 Å². The van der Waals surface area contributed by atoms with E-state index in [9.17, 15) is 61.4 Å². The molecule has 648 valence electrons. The topological polar surface area (TPSA) is 437 Å². The molecule has 18 rings (SSSR count). The number of halogens is 8. The van der Waals surface area contributed by atoms with Crippen molar-refractivity contribution in [2.24, 2.45) is 17.2 Å². The molecule has 0 radical (unpaired) electrons. The maximum absolute atomic E-state index is 15.8. The largest absolute Gasteiger partial charge is 0.385 e. The number of H-pyrrole nitrogens is 3. The number of likely N-dealkylation sites (tertiary alicyclic amines) is 3. The van der Waals surface area contributed by atoms with E-state index in [1.54, 1.807) is 147 Å². The average Bonchev–Trinajstić information content (AvgIpc) is 1.73. The summed E-state index contributed by atoms with van der Waals surface area (Å²) >= 11 is 13.1. The average molecular weight is 1770 g/mol. The quantitative estimate of drug-likeness (QED) is 0.0336. The van der Waals surface area contributed by atoms with Crippen molar-refractivity contribution in [3.05, 3.63) is 232 Å². The van der Waals surface area contributed by atoms with E-state index in [2.05, 4.69) is 61.2 Å². The lowest BCUT2D eigenvalue weighted by molar-refractivity contribution is -0.137. The van der Waals surface area contributed by atoms with E-state index < -0.39 is 113 Å². The molecular formula is C88H75Cl2F6N21O10. The first-order valence-corrected chi connectivity index (χ1v) is 40.4. The molecule has 39 heteroatoms. The Morgan fingerprint density at radius 2 is 0.795 bits per heavy atom. The summed E-state index contributed by atoms with van der Waals surface area (Å²) in [5.41, 5.74) is 22.7. The van der Waals surface area contributed by atoms with E-state index in [1.807, 2.05) is 6.92 Å². The van der Waals surface area contributed by atoms with Gasteiger partial charge in [-0.15, -0.1) is 0 Å². The second-order valence-electron chi connectivity index (χ2n) is 30.6. The number of aliphatic hydroxyl groups is 1. The minimum atomic E-state index is -1.48. The van der Waals surface area contributed by atoms with Crippen LogP contribution in [0.3, 0.4) is 0 Å². The lowest BCUT2D eigenvalue weighted by Gasteiger charge is -2.24. The molecule has 0 bridgehead atoms. The predicted octanol–water partition coefficient (Wildman–Crippen LogP) is 12.2. The number of aromatic amines is 3. The standard InChI is InChI=1S/C30H26ClF2N7O4.C29H24ClF2N7O3.C29H25F2N7O3/c1-14(41)29-35-20-10-9-16(24(31)27(20)37-29)17-6-4-7-19(25(17)33)36-30(44)22-11-15(32)12-39(22)23(42)13-40-21-8-3-2-5-18(21)26(38-40)28(34)43;1-14-34-20-10-9-16(24(30)27(20)35-14)17-6-4-7-19(25(17)32)36-29(42)22-11-15(31)12-38(22)23(40)13-39-21-8-3-2-5-18(21)26(37-39)28(33)41;1-15-33-20-10-9-16(11-22(20)34-15)18-6-4-7-21(26(18)31)35-29(41)24-12-17(30)13-37(24)25(39)14-38-23-8-3-2-5-19(23)27(36-38)28(32)40/h2-10,14-15,22,41H,11-13H2,1H3,(H2,34,43)(H,35,37)(H,36,44);2-10,15,22H,11-13H2,1H3,(H2,33,41)(H,34,35)(H,36,42);2-11,17,24H,12-14H2,1H3,(H2,32,40)(H,33,34)(H,35,41)/t14-,15+,22-;15-,22+;17-,24+/m011/s1. The Bertz CT molecular complexity index is 7010. The molecule has 15 aromatic rings. The number of rotatable bonds is 19. The third kappa shape index (κ3) is 17.0. The van der Waals surface area contributed by atoms with Crippen LogP contribution < -0.4 is 33.2 Å². The highest BCUT2D eigenvalue weighted by atomic mass is 35.5. The van der Waals surface area contributed by atoms with Gasteiger partial charge in [0.15, 0.2) is 34.5 Å². The van der Waals surface area contributed by atoms with E-state index in [0.29, 0.717) is 83.1 Å². The molecule has 0 aliphatic carbocycles. The van der Waals surface area contributed by atoms with Crippen LogP contribution in [0.5, 0.6) is 0 Å². The first kappa shape index (κ1) is 85.7. The molecule has 9 aromatic carbocycles. The first-order chi connectivity index (χ1) is 60.8. The van der Waals surface area contributed by atoms with Gasteiger partial charge in [0.2, 0.25) is 35.4 Å². The van der Waals surface area contributed by atoms with Gasteiger partial charge in [0.1, 0.15) is 90.9 Å². The Morgan fingerprint density at radius 1 is 0.441 bits per heavy atom. The zero-order valence-corrected chi connectivity index (χ0v) is 68.8. The van der Waals surface area contributed by atoms with Crippen molar-refractivity contribution >= 4 is 159 Å². The lowest BCUT2D eigenvalue weighted by atomic mass is 10.0. The van der Waals surface area contributed by atoms with Crippen LogP contribution in [0.15, 0.2) is 170 Å². The molecule has 3 saturated heterocycles. The molecular weight excluding hydrogens is 1700 g/mol. The van der Waals surface area contributed by atoms with Crippen LogP contribution >= 0.6 is 23.2 Å². The SMILES string of the molecule is C[C@H](O)c1nc2c(Cl)c(-c3cccc(NC(=O)[C@@H]4C[C@@H](F)CN4C(=O)Cn4nc(C(N)=O)c5ccccc54)c3F)ccc2[nH]1.Cc1nc2c(Cl)c(-c3cccc(NC(=O)[C@@H]4C[C@@H](F)CN4C(=O)Cn4nc(C(N)=O)c5ccccc54)c3F)ccc2[nH]1.Cc1nc2ccc(-c3cccc(NC(=O)[C@@H]4C[C@@H](F)CN4C(=O)Cn4nc(C(N)=O)c5ccccc54)c3F)cc2[nH]1. The Kier molecular flexibility index (Phi) is 23.7. The van der Waals surface area contributed by atoms with Crippen LogP contribution in [-0.2, 0) is 48.4 Å². The number of hydrogen-bond donors (Lipinski definition) is 10. The van der Waals surface area contributed by atoms with Gasteiger partial charge in [0.05, 0.1) is 85.4 Å². The molecule has 127 heavy (non-hydrogen) atoms. The number of amides is 9. The number of hydrogen-bond acceptors (Lipinski definition) is 16. The number of para-hydroxylation sites is 3. The van der Waals surface area contributed by atoms with Gasteiger partial charge < -0.3 is 67.9 Å². The fraction of sp³-hybridized carbons (Fsp3) is 0.216. The predicted molar refractivity (Wildman–Crippen MR) is 460 cm³/mol. The smallest absolute Gasteiger partial charge is 0.269 e. The molecule has 9 amide bonds. The van der Waals surface area contributed by atoms with Crippen molar-refractivity contribution in [3.8, 4) is 33.4 Å². The van der Waals surface area contributed by atoms with Crippen molar-refractivity contribution in [2.75, 3.05) is 35.6 Å². The van der Waals surface area contributed by atoms with Gasteiger partial charge in [-0.3, -0.25) is 57.2 Å². The Morgan fingerprint density at radius 3 is 1.19 bits per heavy atom. The molecule has 7 atom stereocenters. The summed E-state index contributed by atoms with van der Waals surface area (Å²) in [7, 11) is 0. The summed E-state index contributed by atoms with van der Waals surface area (Å²) in [6, 6.07) is 41.9. The molecule has 9 heterocycles. The van der Waals surface area contributed by atoms with Gasteiger partial charge in [0, 0.05) is 63.2 Å². The first-order valence-electron chi connectivity index (χ1n) is 39.7. The van der Waals surface area contributed by atoms with Crippen LogP contribution in [-0.4, -0.2) is 188 Å². The van der Waals surface area contributed by atoms with Crippen molar-refractivity contribution < 1.29 is 74.6 Å². The lowest BCUT2D eigenvalue weighted by Crippen LogP contribution is -2.44. The number of carbonyl (C=O) groups is 9. The van der Waals surface area contributed by atoms with E-state index in [-0.39, 0.29) is 119 Å². The number of primary amides is 3. The summed E-state index contributed by atoms with van der Waals surface area (Å²) in [6.45, 7) is 3.11. The number of nitrogens with one attached hydrogen (secondary N) is 6. The number of aromatic nitrogens is 12. The number of aryl methyl sites for hydroxylation is 2. The number of nitrogens with two attached hydrogens (primary N) is 3. The zero-order valence-electron chi connectivity index (χ0n) is 67.3. The number of aliphatic hydroxyl groups excluding tert-OH is 1. The summed E-state index contributed by atoms with van der Waals surface area (Å²) < 4.78 is 94.7. The number of carbonyl (C=O) groups excluding carboxylic acids is 9. The number of alkyl halides is 3. The van der Waals surface area contributed by atoms with Crippen molar-refractivity contribution in [3.63, 3.8) is 0 Å². The van der Waals surface area contributed by atoms with E-state index in [1.165, 1.54) is 50.4 Å². The van der Waals surface area contributed by atoms with Crippen molar-refractivity contribution in [1.29, 1.82) is 0 Å². The minimum Gasteiger partial charge on any atom is -0.385 e. The molecule has 6 aromatic heterocycles. The molecule has 3 aliphatic rings. The maximum atomic E-state index is 15.8. The van der Waals surface area contributed by atoms with E-state index in [4.69, 9.17) is 40.4 Å². The van der Waals surface area contributed by atoms with Crippen LogP contribution in [0.25, 0.3) is 99.2 Å². The molecule has 0 saturated carbocycles. The highest BCUT2D eigenvalue weighted by Gasteiger charge is 2.44. The molecule has 13 N–H and O–H groups in total. The van der Waals surface area contributed by atoms with E-state index in [0.717, 1.165) is 31.6 Å². The van der Waals surface area contributed by atoms with Gasteiger partial charge >= 0.3 is 0 Å². The molecule has 3 fully saturated rings. The normalized spacial score (nSPS) is 17.0. The Hall–Kier alpha value is -14.9. The second-order valence-corrected chi connectivity index (χ2v) is 31.4. The fourth-order valence-electron chi connectivity index (χ4n) is 16.2. The molecule has 3 aliphatic heterocycles. The molecule has 31 nitrogen and oxygen atoms in total. The van der Waals surface area contributed by atoms with Crippen molar-refractivity contribution in [2.45, 2.75) is 102 Å². The summed E-state index contributed by atoms with van der Waals surface area (Å²) in [4.78, 5) is 141. The number of fused-ring (bicyclic) bond motifs is 6. The second kappa shape index (κ2) is 35.1. The van der Waals surface area contributed by atoms with Gasteiger partial charge in [-0.25, -0.2) is 41.3 Å². The monoisotopic (exact) mass is 1770 g/mol.